The maximum Gasteiger partial charge on any atom is 0.141 e. The van der Waals surface area contributed by atoms with E-state index in [4.69, 9.17) is 8.85 Å². The summed E-state index contributed by atoms with van der Waals surface area (Å²) >= 11 is 0. The number of rotatable bonds is 6. The van der Waals surface area contributed by atoms with Gasteiger partial charge in [0.2, 0.25) is 0 Å². The Hall–Kier alpha value is -3.40. The lowest BCUT2D eigenvalue weighted by molar-refractivity contribution is -0.117. The molecular weight excluding hydrogens is 348 g/mol. The Labute approximate surface area is 168 Å². The third-order valence-electron chi connectivity index (χ3n) is 4.77. The van der Waals surface area contributed by atoms with E-state index in [-0.39, 0.29) is 36.8 Å². The van der Waals surface area contributed by atoms with E-state index in [1.54, 1.807) is 42.7 Å². The summed E-state index contributed by atoms with van der Waals surface area (Å²) in [7, 11) is 3.44. The van der Waals surface area contributed by atoms with Crippen LogP contribution in [0.5, 0.6) is 5.75 Å². The highest BCUT2D eigenvalue weighted by molar-refractivity contribution is 5.95. The quantitative estimate of drug-likeness (QED) is 0.494. The second-order valence-electron chi connectivity index (χ2n) is 6.67. The Kier molecular flexibility index (Phi) is 4.02. The van der Waals surface area contributed by atoms with E-state index in [0.29, 0.717) is 16.9 Å². The van der Waals surface area contributed by atoms with Gasteiger partial charge in [-0.2, -0.15) is 0 Å². The smallest absolute Gasteiger partial charge is 0.141 e. The van der Waals surface area contributed by atoms with Crippen LogP contribution >= 0.6 is 0 Å². The van der Waals surface area contributed by atoms with Crippen molar-refractivity contribution in [2.45, 2.75) is 12.8 Å². The zero-order chi connectivity index (χ0) is 22.1. The number of nitrogens with zero attached hydrogens (tertiary/aromatic N) is 2. The van der Waals surface area contributed by atoms with E-state index in [9.17, 15) is 4.79 Å². The number of ether oxygens (including phenoxy) is 1. The van der Waals surface area contributed by atoms with Crippen LogP contribution in [0.2, 0.25) is 0 Å². The third kappa shape index (κ3) is 3.54. The number of aromatic nitrogens is 2. The average molecular weight is 376 g/mol. The first-order valence-electron chi connectivity index (χ1n) is 10.5. The Morgan fingerprint density at radius 1 is 1.14 bits per heavy atom. The number of Topliss-reactive ketones (excluding diaryl/α,β-unsaturated/α-hetero) is 1. The van der Waals surface area contributed by atoms with Gasteiger partial charge in [0.1, 0.15) is 11.5 Å². The molecule has 0 bridgehead atoms. The lowest BCUT2D eigenvalue weighted by atomic mass is 9.99. The van der Waals surface area contributed by atoms with Gasteiger partial charge in [0.25, 0.3) is 0 Å². The minimum atomic E-state index is -0.163. The maximum absolute atomic E-state index is 12.7. The predicted octanol–water partition coefficient (Wildman–Crippen LogP) is 4.60. The van der Waals surface area contributed by atoms with Crippen molar-refractivity contribution in [1.82, 2.24) is 9.55 Å². The van der Waals surface area contributed by atoms with Crippen LogP contribution in [0, 0.1) is 0 Å². The number of hydrogen-bond acceptors (Lipinski definition) is 3. The highest BCUT2D eigenvalue weighted by Gasteiger charge is 2.11. The first-order valence-corrected chi connectivity index (χ1v) is 9.02. The van der Waals surface area contributed by atoms with Crippen molar-refractivity contribution in [3.8, 4) is 16.9 Å². The number of carbonyl (C=O) groups excluding carboxylic acids is 1. The minimum absolute atomic E-state index is 0.0276. The molecule has 0 unspecified atom stereocenters. The first-order chi connectivity index (χ1) is 14.9. The van der Waals surface area contributed by atoms with E-state index in [1.165, 1.54) is 7.11 Å². The molecule has 0 saturated carbocycles. The maximum atomic E-state index is 12.7. The fraction of sp³-hybridized carbons (Fsp3) is 0.167. The Bertz CT molecular complexity index is 1270. The molecule has 4 rings (SSSR count). The molecule has 28 heavy (non-hydrogen) atoms. The molecule has 0 N–H and O–H groups in total. The summed E-state index contributed by atoms with van der Waals surface area (Å²) in [4.78, 5) is 16.9. The Morgan fingerprint density at radius 3 is 2.75 bits per heavy atom. The summed E-state index contributed by atoms with van der Waals surface area (Å²) in [5, 5.41) is 0.999. The minimum Gasteiger partial charge on any atom is -0.496 e. The summed E-state index contributed by atoms with van der Waals surface area (Å²) < 4.78 is 32.2. The normalized spacial score (nSPS) is 12.4. The second kappa shape index (κ2) is 7.69. The summed E-state index contributed by atoms with van der Waals surface area (Å²) in [5.74, 6) is 0.336. The first kappa shape index (κ1) is 14.6. The van der Waals surface area contributed by atoms with Gasteiger partial charge in [-0.1, -0.05) is 42.4 Å². The molecule has 0 aliphatic carbocycles. The number of para-hydroxylation sites is 1. The van der Waals surface area contributed by atoms with Gasteiger partial charge in [-0.15, -0.1) is 0 Å². The molecule has 0 atom stereocenters. The number of pyridine rings is 1. The molecule has 0 amide bonds. The van der Waals surface area contributed by atoms with Crippen molar-refractivity contribution in [3.05, 3.63) is 84.2 Å². The zero-order valence-corrected chi connectivity index (χ0v) is 15.8. The molecule has 4 heteroatoms. The van der Waals surface area contributed by atoms with E-state index >= 15 is 0 Å². The number of hydrogen-bond donors (Lipinski definition) is 0. The van der Waals surface area contributed by atoms with Crippen molar-refractivity contribution >= 4 is 16.7 Å². The molecular formula is C24H22N2O2. The van der Waals surface area contributed by atoms with Gasteiger partial charge >= 0.3 is 0 Å². The molecule has 4 nitrogen and oxygen atoms in total. The topological polar surface area (TPSA) is 44.1 Å². The Morgan fingerprint density at radius 2 is 1.96 bits per heavy atom. The molecule has 2 heterocycles. The summed E-state index contributed by atoms with van der Waals surface area (Å²) in [5.41, 5.74) is 3.57. The summed E-state index contributed by atoms with van der Waals surface area (Å²) in [6, 6.07) is 10.9. The number of carbonyl (C=O) groups is 1. The molecule has 0 fully saturated rings. The lowest BCUT2D eigenvalue weighted by Crippen LogP contribution is -2.07. The SMILES string of the molecule is [3H]c1cc(-c2cn(C)c3cnccc23)cc([3H])c1CC(=O)Cc1c([3H])cccc1OC. The van der Waals surface area contributed by atoms with Crippen molar-refractivity contribution in [1.29, 1.82) is 0 Å². The molecule has 140 valence electrons. The molecule has 2 aromatic carbocycles. The largest absolute Gasteiger partial charge is 0.496 e. The van der Waals surface area contributed by atoms with E-state index in [2.05, 4.69) is 4.98 Å². The van der Waals surface area contributed by atoms with Crippen LogP contribution in [0.25, 0.3) is 22.0 Å². The molecule has 0 radical (unpaired) electrons. The second-order valence-corrected chi connectivity index (χ2v) is 6.67. The summed E-state index contributed by atoms with van der Waals surface area (Å²) in [6.45, 7) is 0. The monoisotopic (exact) mass is 376 g/mol. The molecule has 2 aromatic heterocycles. The predicted molar refractivity (Wildman–Crippen MR) is 112 cm³/mol. The lowest BCUT2D eigenvalue weighted by Gasteiger charge is -2.08. The van der Waals surface area contributed by atoms with Crippen molar-refractivity contribution in [2.75, 3.05) is 7.11 Å². The fourth-order valence-electron chi connectivity index (χ4n) is 3.37. The summed E-state index contributed by atoms with van der Waals surface area (Å²) in [6.07, 6.45) is 5.46. The van der Waals surface area contributed by atoms with Crippen LogP contribution in [0.3, 0.4) is 0 Å². The molecule has 0 aliphatic heterocycles. The number of methoxy groups -OCH3 is 1. The number of fused-ring (bicyclic) bond motifs is 1. The van der Waals surface area contributed by atoms with Crippen LogP contribution in [0.1, 0.15) is 15.2 Å². The number of benzene rings is 2. The third-order valence-corrected chi connectivity index (χ3v) is 4.77. The van der Waals surface area contributed by atoms with Gasteiger partial charge in [0.15, 0.2) is 0 Å². The average Bonchev–Trinajstić information content (AvgIpc) is 3.09. The van der Waals surface area contributed by atoms with Crippen molar-refractivity contribution in [2.24, 2.45) is 7.05 Å². The fourth-order valence-corrected chi connectivity index (χ4v) is 3.37. The van der Waals surface area contributed by atoms with Crippen LogP contribution in [0.15, 0.2) is 73.1 Å². The van der Waals surface area contributed by atoms with Gasteiger partial charge in [0, 0.05) is 48.8 Å². The molecule has 0 aliphatic rings. The van der Waals surface area contributed by atoms with Gasteiger partial charge in [0.05, 0.1) is 22.9 Å². The van der Waals surface area contributed by atoms with Crippen LogP contribution < -0.4 is 4.74 Å². The zero-order valence-electron chi connectivity index (χ0n) is 18.8. The Balaban J connectivity index is 1.63. The van der Waals surface area contributed by atoms with Crippen LogP contribution in [-0.2, 0) is 24.7 Å². The highest BCUT2D eigenvalue weighted by Crippen LogP contribution is 2.29. The van der Waals surface area contributed by atoms with E-state index in [0.717, 1.165) is 22.0 Å². The number of ketones is 1. The van der Waals surface area contributed by atoms with Gasteiger partial charge < -0.3 is 9.30 Å². The van der Waals surface area contributed by atoms with E-state index in [1.807, 2.05) is 23.9 Å². The van der Waals surface area contributed by atoms with Crippen LogP contribution in [0.4, 0.5) is 0 Å². The molecule has 4 aromatic rings. The van der Waals surface area contributed by atoms with Gasteiger partial charge in [-0.3, -0.25) is 9.78 Å². The van der Waals surface area contributed by atoms with Crippen molar-refractivity contribution < 1.29 is 13.6 Å². The molecule has 0 spiro atoms. The highest BCUT2D eigenvalue weighted by atomic mass is 16.5. The van der Waals surface area contributed by atoms with Crippen molar-refractivity contribution in [3.63, 3.8) is 0 Å². The van der Waals surface area contributed by atoms with Crippen LogP contribution in [-0.4, -0.2) is 22.4 Å². The van der Waals surface area contributed by atoms with E-state index < -0.39 is 0 Å². The number of aryl methyl sites for hydroxylation is 1. The molecule has 0 saturated heterocycles. The van der Waals surface area contributed by atoms with Gasteiger partial charge in [-0.05, 0) is 23.3 Å². The van der Waals surface area contributed by atoms with Gasteiger partial charge in [-0.25, -0.2) is 0 Å². The standard InChI is InChI=1S/C24H22N2O2/c1-26-16-22(21-11-12-25-15-23(21)26)18-9-7-17(8-10-18)13-20(27)14-19-5-3-4-6-24(19)28-2/h3-12,15-16H,13-14H2,1-2H3/i5T,7T,8T.